The molecule has 0 bridgehead atoms. The zero-order valence-electron chi connectivity index (χ0n) is 19.2. The van der Waals surface area contributed by atoms with Crippen molar-refractivity contribution in [3.63, 3.8) is 0 Å². The summed E-state index contributed by atoms with van der Waals surface area (Å²) in [6.07, 6.45) is 0. The number of rotatable bonds is 10. The molecular formula is C26H30N2O4S. The highest BCUT2D eigenvalue weighted by atomic mass is 32.2. The SMILES string of the molecule is CCOc1ccc(S(=O)(=O)N(CC(=O)NC[C@@H](C)c2ccccc2)c2ccc(C)cc2)cc1. The monoisotopic (exact) mass is 466 g/mol. The van der Waals surface area contributed by atoms with Gasteiger partial charge in [-0.3, -0.25) is 9.10 Å². The van der Waals surface area contributed by atoms with Crippen LogP contribution in [0.25, 0.3) is 0 Å². The molecule has 0 saturated carbocycles. The Morgan fingerprint density at radius 1 is 0.970 bits per heavy atom. The number of hydrogen-bond donors (Lipinski definition) is 1. The predicted octanol–water partition coefficient (Wildman–Crippen LogP) is 4.51. The number of nitrogens with one attached hydrogen (secondary N) is 1. The van der Waals surface area contributed by atoms with Gasteiger partial charge < -0.3 is 10.1 Å². The fraction of sp³-hybridized carbons (Fsp3) is 0.269. The molecule has 1 atom stereocenters. The Morgan fingerprint density at radius 3 is 2.21 bits per heavy atom. The Kier molecular flexibility index (Phi) is 8.11. The molecule has 6 nitrogen and oxygen atoms in total. The van der Waals surface area contributed by atoms with E-state index in [1.807, 2.05) is 63.2 Å². The molecule has 0 aliphatic carbocycles. The van der Waals surface area contributed by atoms with Crippen molar-refractivity contribution >= 4 is 21.6 Å². The summed E-state index contributed by atoms with van der Waals surface area (Å²) in [4.78, 5) is 12.9. The molecule has 1 N–H and O–H groups in total. The van der Waals surface area contributed by atoms with E-state index in [0.717, 1.165) is 15.4 Å². The number of aryl methyl sites for hydroxylation is 1. The smallest absolute Gasteiger partial charge is 0.264 e. The second-order valence-corrected chi connectivity index (χ2v) is 9.73. The summed E-state index contributed by atoms with van der Waals surface area (Å²) in [6, 6.07) is 23.2. The van der Waals surface area contributed by atoms with Crippen molar-refractivity contribution in [1.29, 1.82) is 0 Å². The van der Waals surface area contributed by atoms with E-state index >= 15 is 0 Å². The van der Waals surface area contributed by atoms with Crippen molar-refractivity contribution in [2.24, 2.45) is 0 Å². The van der Waals surface area contributed by atoms with Crippen LogP contribution in [0.5, 0.6) is 5.75 Å². The largest absolute Gasteiger partial charge is 0.494 e. The van der Waals surface area contributed by atoms with Crippen molar-refractivity contribution in [2.75, 3.05) is 24.0 Å². The maximum Gasteiger partial charge on any atom is 0.264 e. The van der Waals surface area contributed by atoms with Crippen molar-refractivity contribution in [3.05, 3.63) is 90.0 Å². The van der Waals surface area contributed by atoms with Crippen molar-refractivity contribution < 1.29 is 17.9 Å². The fourth-order valence-electron chi connectivity index (χ4n) is 3.38. The number of nitrogens with zero attached hydrogens (tertiary/aromatic N) is 1. The summed E-state index contributed by atoms with van der Waals surface area (Å²) >= 11 is 0. The lowest BCUT2D eigenvalue weighted by Crippen LogP contribution is -2.41. The Balaban J connectivity index is 1.80. The van der Waals surface area contributed by atoms with Crippen LogP contribution in [-0.4, -0.2) is 34.0 Å². The number of anilines is 1. The van der Waals surface area contributed by atoms with E-state index < -0.39 is 10.0 Å². The van der Waals surface area contributed by atoms with Gasteiger partial charge in [-0.05, 0) is 61.7 Å². The lowest BCUT2D eigenvalue weighted by molar-refractivity contribution is -0.119. The second kappa shape index (κ2) is 11.0. The lowest BCUT2D eigenvalue weighted by atomic mass is 10.0. The molecule has 0 unspecified atom stereocenters. The number of carbonyl (C=O) groups excluding carboxylic acids is 1. The molecule has 0 radical (unpaired) electrons. The summed E-state index contributed by atoms with van der Waals surface area (Å²) < 4.78 is 33.5. The summed E-state index contributed by atoms with van der Waals surface area (Å²) in [6.45, 7) is 6.38. The number of hydrogen-bond acceptors (Lipinski definition) is 4. The number of carbonyl (C=O) groups is 1. The van der Waals surface area contributed by atoms with Crippen LogP contribution in [-0.2, 0) is 14.8 Å². The van der Waals surface area contributed by atoms with Crippen LogP contribution < -0.4 is 14.4 Å². The third kappa shape index (κ3) is 6.35. The molecule has 0 saturated heterocycles. The molecule has 3 rings (SSSR count). The number of benzene rings is 3. The second-order valence-electron chi connectivity index (χ2n) is 7.87. The third-order valence-electron chi connectivity index (χ3n) is 5.31. The quantitative estimate of drug-likeness (QED) is 0.477. The zero-order valence-corrected chi connectivity index (χ0v) is 20.0. The maximum atomic E-state index is 13.5. The van der Waals surface area contributed by atoms with Gasteiger partial charge in [-0.25, -0.2) is 8.42 Å². The van der Waals surface area contributed by atoms with Gasteiger partial charge in [0.05, 0.1) is 17.2 Å². The first-order chi connectivity index (χ1) is 15.8. The maximum absolute atomic E-state index is 13.5. The van der Waals surface area contributed by atoms with E-state index in [9.17, 15) is 13.2 Å². The highest BCUT2D eigenvalue weighted by Gasteiger charge is 2.27. The first kappa shape index (κ1) is 24.3. The van der Waals surface area contributed by atoms with E-state index in [1.54, 1.807) is 24.3 Å². The van der Waals surface area contributed by atoms with E-state index in [-0.39, 0.29) is 23.3 Å². The van der Waals surface area contributed by atoms with Gasteiger partial charge >= 0.3 is 0 Å². The number of ether oxygens (including phenoxy) is 1. The van der Waals surface area contributed by atoms with Crippen LogP contribution in [0.4, 0.5) is 5.69 Å². The minimum atomic E-state index is -3.97. The van der Waals surface area contributed by atoms with Gasteiger partial charge in [0.1, 0.15) is 12.3 Å². The first-order valence-corrected chi connectivity index (χ1v) is 12.4. The molecular weight excluding hydrogens is 436 g/mol. The Hall–Kier alpha value is -3.32. The van der Waals surface area contributed by atoms with Crippen LogP contribution in [0.2, 0.25) is 0 Å². The van der Waals surface area contributed by atoms with Gasteiger partial charge in [0, 0.05) is 6.54 Å². The van der Waals surface area contributed by atoms with Crippen LogP contribution in [0.15, 0.2) is 83.8 Å². The molecule has 0 fully saturated rings. The summed E-state index contributed by atoms with van der Waals surface area (Å²) in [7, 11) is -3.97. The average molecular weight is 467 g/mol. The van der Waals surface area contributed by atoms with Gasteiger partial charge in [-0.2, -0.15) is 0 Å². The molecule has 1 amide bonds. The van der Waals surface area contributed by atoms with Crippen LogP contribution in [0.3, 0.4) is 0 Å². The molecule has 0 aromatic heterocycles. The van der Waals surface area contributed by atoms with E-state index in [4.69, 9.17) is 4.74 Å². The molecule has 0 spiro atoms. The molecule has 0 aliphatic rings. The molecule has 3 aromatic carbocycles. The topological polar surface area (TPSA) is 75.7 Å². The zero-order chi connectivity index (χ0) is 23.8. The lowest BCUT2D eigenvalue weighted by Gasteiger charge is -2.25. The molecule has 0 heterocycles. The van der Waals surface area contributed by atoms with Gasteiger partial charge in [-0.1, -0.05) is 55.0 Å². The fourth-order valence-corrected chi connectivity index (χ4v) is 4.80. The highest BCUT2D eigenvalue weighted by Crippen LogP contribution is 2.25. The van der Waals surface area contributed by atoms with Gasteiger partial charge in [0.25, 0.3) is 10.0 Å². The predicted molar refractivity (Wildman–Crippen MR) is 131 cm³/mol. The Morgan fingerprint density at radius 2 is 1.61 bits per heavy atom. The normalized spacial score (nSPS) is 12.1. The molecule has 174 valence electrons. The summed E-state index contributed by atoms with van der Waals surface area (Å²) in [5, 5.41) is 2.88. The van der Waals surface area contributed by atoms with Crippen LogP contribution >= 0.6 is 0 Å². The Labute approximate surface area is 196 Å². The van der Waals surface area contributed by atoms with E-state index in [0.29, 0.717) is 24.6 Å². The first-order valence-electron chi connectivity index (χ1n) is 10.9. The Bertz CT molecular complexity index is 1150. The summed E-state index contributed by atoms with van der Waals surface area (Å²) in [5.41, 5.74) is 2.54. The number of sulfonamides is 1. The molecule has 7 heteroatoms. The van der Waals surface area contributed by atoms with Gasteiger partial charge in [-0.15, -0.1) is 0 Å². The third-order valence-corrected chi connectivity index (χ3v) is 7.09. The van der Waals surface area contributed by atoms with E-state index in [1.165, 1.54) is 12.1 Å². The van der Waals surface area contributed by atoms with Gasteiger partial charge in [0.2, 0.25) is 5.91 Å². The van der Waals surface area contributed by atoms with Crippen LogP contribution in [0.1, 0.15) is 30.9 Å². The van der Waals surface area contributed by atoms with Gasteiger partial charge in [0.15, 0.2) is 0 Å². The summed E-state index contributed by atoms with van der Waals surface area (Å²) in [5.74, 6) is 0.324. The molecule has 0 aliphatic heterocycles. The van der Waals surface area contributed by atoms with Crippen molar-refractivity contribution in [1.82, 2.24) is 5.32 Å². The van der Waals surface area contributed by atoms with Crippen molar-refractivity contribution in [2.45, 2.75) is 31.6 Å². The average Bonchev–Trinajstić information content (AvgIpc) is 2.83. The van der Waals surface area contributed by atoms with Crippen LogP contribution in [0, 0.1) is 6.92 Å². The van der Waals surface area contributed by atoms with Crippen molar-refractivity contribution in [3.8, 4) is 5.75 Å². The number of amides is 1. The molecule has 33 heavy (non-hydrogen) atoms. The molecule has 3 aromatic rings. The highest BCUT2D eigenvalue weighted by molar-refractivity contribution is 7.92. The minimum absolute atomic E-state index is 0.0944. The standard InChI is InChI=1S/C26H30N2O4S/c1-4-32-24-14-16-25(17-15-24)33(30,31)28(23-12-10-20(2)11-13-23)19-26(29)27-18-21(3)22-8-6-5-7-9-22/h5-17,21H,4,18-19H2,1-3H3,(H,27,29)/t21-/m1/s1. The minimum Gasteiger partial charge on any atom is -0.494 e. The van der Waals surface area contributed by atoms with E-state index in [2.05, 4.69) is 5.32 Å².